The quantitative estimate of drug-likeness (QED) is 0.112. The summed E-state index contributed by atoms with van der Waals surface area (Å²) in [5.41, 5.74) is -0.266. The van der Waals surface area contributed by atoms with E-state index in [9.17, 15) is 23.9 Å². The van der Waals surface area contributed by atoms with Gasteiger partial charge in [-0.3, -0.25) is 14.6 Å². The van der Waals surface area contributed by atoms with E-state index in [2.05, 4.69) is 15.6 Å². The van der Waals surface area contributed by atoms with Gasteiger partial charge < -0.3 is 34.7 Å². The molecule has 1 aliphatic carbocycles. The Labute approximate surface area is 312 Å². The molecule has 0 unspecified atom stereocenters. The number of unbranched alkanes of at least 4 members (excludes halogenated alkanes) is 2. The van der Waals surface area contributed by atoms with E-state index in [1.165, 1.54) is 42.6 Å². The van der Waals surface area contributed by atoms with Gasteiger partial charge in [0, 0.05) is 41.1 Å². The summed E-state index contributed by atoms with van der Waals surface area (Å²) in [7, 11) is 0. The van der Waals surface area contributed by atoms with Crippen molar-refractivity contribution in [1.29, 1.82) is 0 Å². The number of rotatable bonds is 15. The summed E-state index contributed by atoms with van der Waals surface area (Å²) in [6.45, 7) is 2.54. The van der Waals surface area contributed by atoms with Gasteiger partial charge in [-0.05, 0) is 94.0 Å². The molecule has 1 heterocycles. The Morgan fingerprint density at radius 3 is 2.17 bits per heavy atom. The molecule has 4 aromatic rings. The van der Waals surface area contributed by atoms with E-state index < -0.39 is 34.8 Å². The molecule has 0 spiro atoms. The van der Waals surface area contributed by atoms with Crippen LogP contribution in [0.25, 0.3) is 10.9 Å². The van der Waals surface area contributed by atoms with Gasteiger partial charge in [0.1, 0.15) is 17.0 Å². The zero-order valence-electron chi connectivity index (χ0n) is 26.1. The summed E-state index contributed by atoms with van der Waals surface area (Å²) in [4.78, 5) is 40.8. The number of halogens is 2. The molecule has 0 bridgehead atoms. The Morgan fingerprint density at radius 1 is 0.830 bits per heavy atom. The fourth-order valence-electron chi connectivity index (χ4n) is 4.83. The Hall–Kier alpha value is -3.62. The zero-order chi connectivity index (χ0) is 32.7. The number of aliphatic carboxylic acids is 1. The Balaban J connectivity index is 0.00000500. The molecule has 240 valence electrons. The third-order valence-corrected chi connectivity index (χ3v) is 7.48. The molecule has 1 aliphatic rings. The molecule has 1 fully saturated rings. The number of carboxylic acids is 1. The summed E-state index contributed by atoms with van der Waals surface area (Å²) < 4.78 is 46.0. The van der Waals surface area contributed by atoms with E-state index >= 15 is 4.39 Å². The summed E-state index contributed by atoms with van der Waals surface area (Å²) in [5, 5.41) is 16.4. The Kier molecular flexibility index (Phi) is 12.7. The van der Waals surface area contributed by atoms with E-state index in [0.29, 0.717) is 79.2 Å². The normalized spacial score (nSPS) is 12.8. The fourth-order valence-corrected chi connectivity index (χ4v) is 4.83. The molecule has 10 nitrogen and oxygen atoms in total. The minimum atomic E-state index is -1.30. The van der Waals surface area contributed by atoms with Gasteiger partial charge >= 0.3 is 51.4 Å². The maximum absolute atomic E-state index is 15.2. The first-order valence-electron chi connectivity index (χ1n) is 14.9. The van der Waals surface area contributed by atoms with Crippen LogP contribution in [0, 0.1) is 17.0 Å². The van der Waals surface area contributed by atoms with Gasteiger partial charge in [0.15, 0.2) is 23.1 Å². The first-order valence-corrected chi connectivity index (χ1v) is 14.9. The minimum Gasteiger partial charge on any atom is -0.550 e. The van der Waals surface area contributed by atoms with Crippen LogP contribution in [0.1, 0.15) is 45.4 Å². The standard InChI is InChI=1S/C34H33F2N3O7.K/c1-2-44-29-19-24-26(20-30(29)45-17-5-3-4-6-31(40)41)37-16-13-27(24)46-28-12-11-23(18-25(28)36)39-33(43)34(14-15-34)32(42)38-22-9-7-21(35)8-10-22;/h7-13,16,18-20H,2-6,14-15,17H2,1H3,(H,38,42)(H,39,43)(H,40,41);/q;+1/p-1. The number of pyridine rings is 1. The smallest absolute Gasteiger partial charge is 0.550 e. The van der Waals surface area contributed by atoms with Crippen molar-refractivity contribution in [2.45, 2.75) is 45.4 Å². The number of ether oxygens (including phenoxy) is 3. The number of nitrogens with zero attached hydrogens (tertiary/aromatic N) is 1. The van der Waals surface area contributed by atoms with Crippen molar-refractivity contribution in [2.24, 2.45) is 5.41 Å². The van der Waals surface area contributed by atoms with E-state index in [1.54, 1.807) is 18.2 Å². The third-order valence-electron chi connectivity index (χ3n) is 7.48. The number of amides is 2. The molecule has 47 heavy (non-hydrogen) atoms. The molecule has 0 radical (unpaired) electrons. The molecule has 2 N–H and O–H groups in total. The topological polar surface area (TPSA) is 139 Å². The number of hydrogen-bond acceptors (Lipinski definition) is 8. The van der Waals surface area contributed by atoms with Crippen molar-refractivity contribution in [2.75, 3.05) is 23.8 Å². The summed E-state index contributed by atoms with van der Waals surface area (Å²) in [5.74, 6) is -2.24. The average molecular weight is 672 g/mol. The maximum Gasteiger partial charge on any atom is 1.00 e. The van der Waals surface area contributed by atoms with Crippen molar-refractivity contribution < 1.29 is 93.9 Å². The molecule has 1 saturated carbocycles. The summed E-state index contributed by atoms with van der Waals surface area (Å²) in [6.07, 6.45) is 3.99. The molecular formula is C34H32F2KN3O7. The number of carboxylic acid groups (broad SMARTS) is 1. The number of carbonyl (C=O) groups excluding carboxylic acids is 3. The molecule has 0 saturated heterocycles. The van der Waals surface area contributed by atoms with Crippen LogP contribution in [0.4, 0.5) is 20.2 Å². The zero-order valence-corrected chi connectivity index (χ0v) is 29.2. The van der Waals surface area contributed by atoms with Gasteiger partial charge in [0.25, 0.3) is 0 Å². The fraction of sp³-hybridized carbons (Fsp3) is 0.294. The van der Waals surface area contributed by atoms with Gasteiger partial charge in [0.05, 0.1) is 18.7 Å². The molecular weight excluding hydrogens is 639 g/mol. The minimum absolute atomic E-state index is 0. The number of nitrogens with one attached hydrogen (secondary N) is 2. The van der Waals surface area contributed by atoms with Gasteiger partial charge in [-0.1, -0.05) is 0 Å². The van der Waals surface area contributed by atoms with Crippen LogP contribution >= 0.6 is 0 Å². The van der Waals surface area contributed by atoms with Crippen LogP contribution < -0.4 is 81.3 Å². The van der Waals surface area contributed by atoms with E-state index in [1.807, 2.05) is 6.92 Å². The number of aromatic nitrogens is 1. The second-order valence-corrected chi connectivity index (χ2v) is 10.8. The van der Waals surface area contributed by atoms with Crippen molar-refractivity contribution in [3.8, 4) is 23.0 Å². The van der Waals surface area contributed by atoms with E-state index in [-0.39, 0.29) is 69.2 Å². The number of benzene rings is 3. The van der Waals surface area contributed by atoms with Crippen LogP contribution in [-0.4, -0.2) is 36.0 Å². The molecule has 3 aromatic carbocycles. The molecule has 2 amide bonds. The van der Waals surface area contributed by atoms with Crippen molar-refractivity contribution in [3.63, 3.8) is 0 Å². The second kappa shape index (κ2) is 16.5. The van der Waals surface area contributed by atoms with Crippen LogP contribution in [0.15, 0.2) is 66.9 Å². The summed E-state index contributed by atoms with van der Waals surface area (Å²) in [6, 6.07) is 14.1. The number of anilines is 2. The average Bonchev–Trinajstić information content (AvgIpc) is 3.84. The first kappa shape index (κ1) is 36.2. The van der Waals surface area contributed by atoms with Crippen molar-refractivity contribution >= 4 is 40.1 Å². The van der Waals surface area contributed by atoms with Gasteiger partial charge in [-0.15, -0.1) is 0 Å². The predicted molar refractivity (Wildman–Crippen MR) is 164 cm³/mol. The van der Waals surface area contributed by atoms with Gasteiger partial charge in [-0.2, -0.15) is 0 Å². The van der Waals surface area contributed by atoms with Crippen LogP contribution in [0.5, 0.6) is 23.0 Å². The van der Waals surface area contributed by atoms with Crippen molar-refractivity contribution in [3.05, 3.63) is 78.5 Å². The first-order chi connectivity index (χ1) is 22.2. The summed E-state index contributed by atoms with van der Waals surface area (Å²) >= 11 is 0. The maximum atomic E-state index is 15.2. The molecule has 13 heteroatoms. The SMILES string of the molecule is CCOc1cc2c(Oc3ccc(NC(=O)C4(C(=O)Nc5ccc(F)cc5)CC4)cc3F)ccnc2cc1OCCCCCC(=O)[O-].[K+]. The second-order valence-electron chi connectivity index (χ2n) is 10.8. The van der Waals surface area contributed by atoms with Gasteiger partial charge in [-0.25, -0.2) is 8.78 Å². The number of hydrogen-bond donors (Lipinski definition) is 2. The molecule has 0 atom stereocenters. The number of fused-ring (bicyclic) bond motifs is 1. The van der Waals surface area contributed by atoms with E-state index in [0.717, 1.165) is 6.07 Å². The monoisotopic (exact) mass is 671 g/mol. The van der Waals surface area contributed by atoms with Crippen molar-refractivity contribution in [1.82, 2.24) is 4.98 Å². The Bertz CT molecular complexity index is 1750. The molecule has 0 aliphatic heterocycles. The van der Waals surface area contributed by atoms with Crippen LogP contribution in [-0.2, 0) is 14.4 Å². The van der Waals surface area contributed by atoms with E-state index in [4.69, 9.17) is 14.2 Å². The molecule has 5 rings (SSSR count). The number of carbonyl (C=O) groups is 3. The van der Waals surface area contributed by atoms with Crippen LogP contribution in [0.3, 0.4) is 0 Å². The van der Waals surface area contributed by atoms with Gasteiger partial charge in [0.2, 0.25) is 11.8 Å². The van der Waals surface area contributed by atoms with Crippen LogP contribution in [0.2, 0.25) is 0 Å². The molecule has 1 aromatic heterocycles. The largest absolute Gasteiger partial charge is 1.00 e. The Morgan fingerprint density at radius 2 is 1.51 bits per heavy atom. The third kappa shape index (κ3) is 9.26. The predicted octanol–water partition coefficient (Wildman–Crippen LogP) is 2.75.